The molecule has 0 aromatic carbocycles. The Labute approximate surface area is 132 Å². The monoisotopic (exact) mass is 309 g/mol. The van der Waals surface area contributed by atoms with Crippen LogP contribution < -0.4 is 5.32 Å². The summed E-state index contributed by atoms with van der Waals surface area (Å²) in [7, 11) is 3.57. The molecular formula is C15H27N5O2. The van der Waals surface area contributed by atoms with E-state index in [1.54, 1.807) is 7.11 Å². The molecule has 2 rings (SSSR count). The Morgan fingerprint density at radius 1 is 1.55 bits per heavy atom. The predicted octanol–water partition coefficient (Wildman–Crippen LogP) is 1.28. The van der Waals surface area contributed by atoms with Crippen molar-refractivity contribution < 1.29 is 9.26 Å². The summed E-state index contributed by atoms with van der Waals surface area (Å²) in [6, 6.07) is 0. The van der Waals surface area contributed by atoms with E-state index in [2.05, 4.69) is 39.2 Å². The second-order valence-corrected chi connectivity index (χ2v) is 5.98. The molecule has 7 heteroatoms. The van der Waals surface area contributed by atoms with Crippen molar-refractivity contribution in [1.82, 2.24) is 20.4 Å². The molecule has 0 radical (unpaired) electrons. The molecule has 1 fully saturated rings. The summed E-state index contributed by atoms with van der Waals surface area (Å²) in [6.45, 7) is 7.67. The quantitative estimate of drug-likeness (QED) is 0.630. The lowest BCUT2D eigenvalue weighted by Gasteiger charge is -2.21. The number of hydrogen-bond acceptors (Lipinski definition) is 5. The van der Waals surface area contributed by atoms with Crippen molar-refractivity contribution in [2.75, 3.05) is 40.4 Å². The average molecular weight is 309 g/mol. The summed E-state index contributed by atoms with van der Waals surface area (Å²) in [5.74, 6) is 3.25. The van der Waals surface area contributed by atoms with Crippen molar-refractivity contribution in [1.29, 1.82) is 0 Å². The van der Waals surface area contributed by atoms with Crippen LogP contribution in [-0.2, 0) is 11.2 Å². The molecule has 1 aromatic heterocycles. The van der Waals surface area contributed by atoms with Gasteiger partial charge in [0.2, 0.25) is 5.89 Å². The van der Waals surface area contributed by atoms with Crippen LogP contribution in [0.25, 0.3) is 0 Å². The maximum Gasteiger partial charge on any atom is 0.228 e. The number of rotatable bonds is 6. The minimum absolute atomic E-state index is 0.292. The first-order chi connectivity index (χ1) is 10.6. The molecule has 1 atom stereocenters. The molecule has 1 N–H and O–H groups in total. The first-order valence-corrected chi connectivity index (χ1v) is 7.91. The van der Waals surface area contributed by atoms with Crippen LogP contribution in [0.5, 0.6) is 0 Å². The fourth-order valence-corrected chi connectivity index (χ4v) is 2.61. The zero-order valence-electron chi connectivity index (χ0n) is 14.0. The van der Waals surface area contributed by atoms with Crippen molar-refractivity contribution in [2.24, 2.45) is 10.9 Å². The molecule has 7 nitrogen and oxygen atoms in total. The number of ether oxygens (including phenoxy) is 1. The number of likely N-dealkylation sites (tertiary alicyclic amines) is 1. The molecule has 1 saturated heterocycles. The van der Waals surface area contributed by atoms with Gasteiger partial charge < -0.3 is 19.5 Å². The molecule has 0 saturated carbocycles. The van der Waals surface area contributed by atoms with Crippen LogP contribution in [0.1, 0.15) is 37.9 Å². The van der Waals surface area contributed by atoms with Crippen molar-refractivity contribution in [2.45, 2.75) is 32.6 Å². The van der Waals surface area contributed by atoms with E-state index in [4.69, 9.17) is 9.26 Å². The molecule has 0 bridgehead atoms. The molecule has 0 aliphatic carbocycles. The Bertz CT molecular complexity index is 486. The highest BCUT2D eigenvalue weighted by Gasteiger charge is 2.24. The zero-order chi connectivity index (χ0) is 15.9. The van der Waals surface area contributed by atoms with Gasteiger partial charge in [-0.05, 0) is 6.42 Å². The Morgan fingerprint density at radius 2 is 2.36 bits per heavy atom. The van der Waals surface area contributed by atoms with Crippen LogP contribution in [0, 0.1) is 5.92 Å². The third-order valence-corrected chi connectivity index (χ3v) is 3.82. The van der Waals surface area contributed by atoms with E-state index in [-0.39, 0.29) is 0 Å². The molecule has 1 unspecified atom stereocenters. The molecule has 0 spiro atoms. The lowest BCUT2D eigenvalue weighted by molar-refractivity contribution is 0.157. The van der Waals surface area contributed by atoms with Gasteiger partial charge in [-0.15, -0.1) is 0 Å². The highest BCUT2D eigenvalue weighted by Crippen LogP contribution is 2.16. The normalized spacial score (nSPS) is 19.2. The zero-order valence-corrected chi connectivity index (χ0v) is 14.0. The number of guanidine groups is 1. The molecule has 22 heavy (non-hydrogen) atoms. The Balaban J connectivity index is 1.77. The lowest BCUT2D eigenvalue weighted by atomic mass is 10.1. The highest BCUT2D eigenvalue weighted by molar-refractivity contribution is 5.80. The standard InChI is InChI=1S/C15H27N5O2/c1-11(2)14-18-13(22-19-14)5-7-17-15(16-3)20-8-6-12(9-20)10-21-4/h11-12H,5-10H2,1-4H3,(H,16,17). The van der Waals surface area contributed by atoms with Crippen molar-refractivity contribution in [3.8, 4) is 0 Å². The summed E-state index contributed by atoms with van der Waals surface area (Å²) in [4.78, 5) is 11.0. The maximum absolute atomic E-state index is 5.24. The molecule has 1 aliphatic rings. The van der Waals surface area contributed by atoms with Gasteiger partial charge >= 0.3 is 0 Å². The van der Waals surface area contributed by atoms with Gasteiger partial charge in [-0.25, -0.2) is 0 Å². The Morgan fingerprint density at radius 3 is 3.00 bits per heavy atom. The fraction of sp³-hybridized carbons (Fsp3) is 0.800. The Kier molecular flexibility index (Phi) is 6.18. The van der Waals surface area contributed by atoms with Crippen LogP contribution in [0.4, 0.5) is 0 Å². The van der Waals surface area contributed by atoms with Crippen LogP contribution in [0.15, 0.2) is 9.52 Å². The summed E-state index contributed by atoms with van der Waals surface area (Å²) in [6.07, 6.45) is 1.85. The van der Waals surface area contributed by atoms with Gasteiger partial charge in [0.15, 0.2) is 11.8 Å². The number of hydrogen-bond donors (Lipinski definition) is 1. The first-order valence-electron chi connectivity index (χ1n) is 7.91. The third-order valence-electron chi connectivity index (χ3n) is 3.82. The fourth-order valence-electron chi connectivity index (χ4n) is 2.61. The van der Waals surface area contributed by atoms with Crippen molar-refractivity contribution in [3.63, 3.8) is 0 Å². The molecule has 1 aromatic rings. The van der Waals surface area contributed by atoms with Crippen molar-refractivity contribution >= 4 is 5.96 Å². The number of nitrogens with one attached hydrogen (secondary N) is 1. The van der Waals surface area contributed by atoms with Crippen LogP contribution in [0.3, 0.4) is 0 Å². The second kappa shape index (κ2) is 8.12. The predicted molar refractivity (Wildman–Crippen MR) is 85.0 cm³/mol. The third kappa shape index (κ3) is 4.43. The minimum atomic E-state index is 0.292. The van der Waals surface area contributed by atoms with E-state index in [1.807, 2.05) is 7.05 Å². The van der Waals surface area contributed by atoms with E-state index in [1.165, 1.54) is 0 Å². The van der Waals surface area contributed by atoms with E-state index in [0.717, 1.165) is 44.4 Å². The second-order valence-electron chi connectivity index (χ2n) is 5.98. The van der Waals surface area contributed by atoms with Crippen LogP contribution >= 0.6 is 0 Å². The van der Waals surface area contributed by atoms with Gasteiger partial charge in [0, 0.05) is 52.0 Å². The van der Waals surface area contributed by atoms with Gasteiger partial charge in [-0.1, -0.05) is 19.0 Å². The summed E-state index contributed by atoms with van der Waals surface area (Å²) in [5.41, 5.74) is 0. The van der Waals surface area contributed by atoms with E-state index in [0.29, 0.717) is 24.1 Å². The van der Waals surface area contributed by atoms with E-state index >= 15 is 0 Å². The van der Waals surface area contributed by atoms with E-state index < -0.39 is 0 Å². The average Bonchev–Trinajstić information content (AvgIpc) is 3.13. The summed E-state index contributed by atoms with van der Waals surface area (Å²) >= 11 is 0. The SMILES string of the molecule is CN=C(NCCc1nc(C(C)C)no1)N1CCC(COC)C1. The topological polar surface area (TPSA) is 75.8 Å². The highest BCUT2D eigenvalue weighted by atomic mass is 16.5. The maximum atomic E-state index is 5.24. The van der Waals surface area contributed by atoms with Gasteiger partial charge in [0.05, 0.1) is 6.61 Å². The number of aromatic nitrogens is 2. The molecular weight excluding hydrogens is 282 g/mol. The lowest BCUT2D eigenvalue weighted by Crippen LogP contribution is -2.41. The van der Waals surface area contributed by atoms with Crippen LogP contribution in [0.2, 0.25) is 0 Å². The number of aliphatic imine (C=N–C) groups is 1. The first kappa shape index (κ1) is 16.7. The van der Waals surface area contributed by atoms with Gasteiger partial charge in [-0.2, -0.15) is 4.98 Å². The van der Waals surface area contributed by atoms with Gasteiger partial charge in [0.1, 0.15) is 0 Å². The largest absolute Gasteiger partial charge is 0.384 e. The minimum Gasteiger partial charge on any atom is -0.384 e. The molecule has 124 valence electrons. The number of nitrogens with zero attached hydrogens (tertiary/aromatic N) is 4. The smallest absolute Gasteiger partial charge is 0.228 e. The summed E-state index contributed by atoms with van der Waals surface area (Å²) in [5, 5.41) is 7.34. The van der Waals surface area contributed by atoms with Gasteiger partial charge in [0.25, 0.3) is 0 Å². The molecule has 0 amide bonds. The number of methoxy groups -OCH3 is 1. The van der Waals surface area contributed by atoms with E-state index in [9.17, 15) is 0 Å². The Hall–Kier alpha value is -1.63. The summed E-state index contributed by atoms with van der Waals surface area (Å²) < 4.78 is 10.5. The van der Waals surface area contributed by atoms with Gasteiger partial charge in [-0.3, -0.25) is 4.99 Å². The van der Waals surface area contributed by atoms with Crippen LogP contribution in [-0.4, -0.2) is 61.4 Å². The van der Waals surface area contributed by atoms with Crippen molar-refractivity contribution in [3.05, 3.63) is 11.7 Å². The molecule has 2 heterocycles. The molecule has 1 aliphatic heterocycles.